The molecule has 0 spiro atoms. The SMILES string of the molecule is CC(C)CC[Si@H]1CC[C@H](CCc2ccc(F)c(F)c2)CC1. The van der Waals surface area contributed by atoms with Gasteiger partial charge in [-0.2, -0.15) is 0 Å². The molecule has 0 N–H and O–H groups in total. The number of hydrogen-bond donors (Lipinski definition) is 0. The normalized spacial score (nSPS) is 22.7. The van der Waals surface area contributed by atoms with Gasteiger partial charge in [-0.05, 0) is 42.4 Å². The van der Waals surface area contributed by atoms with Gasteiger partial charge in [-0.15, -0.1) is 0 Å². The third-order valence-electron chi connectivity index (χ3n) is 4.94. The van der Waals surface area contributed by atoms with Gasteiger partial charge in [-0.1, -0.05) is 57.3 Å². The van der Waals surface area contributed by atoms with Crippen molar-refractivity contribution in [2.45, 2.75) is 64.1 Å². The Balaban J connectivity index is 1.70. The van der Waals surface area contributed by atoms with E-state index in [0.717, 1.165) is 30.2 Å². The topological polar surface area (TPSA) is 0 Å². The smallest absolute Gasteiger partial charge is 0.159 e. The molecule has 1 aromatic carbocycles. The molecule has 0 saturated carbocycles. The largest absolute Gasteiger partial charge is 0.204 e. The van der Waals surface area contributed by atoms with Crippen molar-refractivity contribution < 1.29 is 8.78 Å². The molecule has 1 aromatic rings. The second kappa shape index (κ2) is 8.07. The maximum Gasteiger partial charge on any atom is 0.159 e. The van der Waals surface area contributed by atoms with Crippen LogP contribution in [0.1, 0.15) is 45.1 Å². The van der Waals surface area contributed by atoms with Crippen LogP contribution in [0.4, 0.5) is 8.78 Å². The van der Waals surface area contributed by atoms with Gasteiger partial charge in [0.1, 0.15) is 0 Å². The lowest BCUT2D eigenvalue weighted by molar-refractivity contribution is 0.435. The molecule has 21 heavy (non-hydrogen) atoms. The van der Waals surface area contributed by atoms with Gasteiger partial charge in [0, 0.05) is 8.80 Å². The highest BCUT2D eigenvalue weighted by atomic mass is 28.3. The average molecular weight is 311 g/mol. The first-order valence-corrected chi connectivity index (χ1v) is 10.9. The van der Waals surface area contributed by atoms with Gasteiger partial charge in [0.2, 0.25) is 0 Å². The fourth-order valence-corrected chi connectivity index (χ4v) is 7.33. The summed E-state index contributed by atoms with van der Waals surface area (Å²) < 4.78 is 26.1. The third kappa shape index (κ3) is 5.53. The standard InChI is InChI=1S/C18H28F2Si/c1-14(2)7-10-21-11-8-15(9-12-21)3-4-16-5-6-17(19)18(20)13-16/h5-6,13-15,21H,3-4,7-12H2,1-2H3/t15-,21-. The molecule has 1 heterocycles. The molecule has 0 aromatic heterocycles. The van der Waals surface area contributed by atoms with E-state index < -0.39 is 20.4 Å². The molecular weight excluding hydrogens is 282 g/mol. The number of benzene rings is 1. The molecule has 3 heteroatoms. The zero-order valence-corrected chi connectivity index (χ0v) is 14.5. The molecule has 0 radical (unpaired) electrons. The molecule has 0 unspecified atom stereocenters. The van der Waals surface area contributed by atoms with Crippen molar-refractivity contribution in [1.29, 1.82) is 0 Å². The van der Waals surface area contributed by atoms with Crippen LogP contribution >= 0.6 is 0 Å². The fourth-order valence-electron chi connectivity index (χ4n) is 3.44. The summed E-state index contributed by atoms with van der Waals surface area (Å²) in [6, 6.07) is 8.85. The first-order valence-electron chi connectivity index (χ1n) is 8.48. The Morgan fingerprint density at radius 3 is 2.48 bits per heavy atom. The maximum atomic E-state index is 13.2. The van der Waals surface area contributed by atoms with Gasteiger partial charge in [0.05, 0.1) is 0 Å². The predicted octanol–water partition coefficient (Wildman–Crippen LogP) is 5.58. The monoisotopic (exact) mass is 310 g/mol. The van der Waals surface area contributed by atoms with Crippen molar-refractivity contribution in [2.75, 3.05) is 0 Å². The Labute approximate surface area is 129 Å². The van der Waals surface area contributed by atoms with Gasteiger partial charge >= 0.3 is 0 Å². The molecule has 2 rings (SSSR count). The zero-order chi connectivity index (χ0) is 15.2. The molecule has 0 nitrogen and oxygen atoms in total. The summed E-state index contributed by atoms with van der Waals surface area (Å²) in [5.41, 5.74) is 0.938. The Kier molecular flexibility index (Phi) is 6.40. The quantitative estimate of drug-likeness (QED) is 0.602. The molecule has 1 fully saturated rings. The van der Waals surface area contributed by atoms with Crippen LogP contribution < -0.4 is 0 Å². The van der Waals surface area contributed by atoms with Gasteiger partial charge in [-0.25, -0.2) is 8.78 Å². The number of rotatable bonds is 6. The van der Waals surface area contributed by atoms with Crippen molar-refractivity contribution in [3.8, 4) is 0 Å². The molecular formula is C18H28F2Si. The first-order chi connectivity index (χ1) is 10.0. The van der Waals surface area contributed by atoms with Crippen molar-refractivity contribution in [3.05, 3.63) is 35.4 Å². The third-order valence-corrected chi connectivity index (χ3v) is 8.39. The Bertz CT molecular complexity index is 437. The zero-order valence-electron chi connectivity index (χ0n) is 13.4. The van der Waals surface area contributed by atoms with Crippen LogP contribution in [-0.4, -0.2) is 8.80 Å². The van der Waals surface area contributed by atoms with Gasteiger partial charge in [0.15, 0.2) is 11.6 Å². The minimum absolute atomic E-state index is 0.444. The molecule has 0 aliphatic carbocycles. The first kappa shape index (κ1) is 16.7. The lowest BCUT2D eigenvalue weighted by Gasteiger charge is -2.28. The predicted molar refractivity (Wildman–Crippen MR) is 88.4 cm³/mol. The average Bonchev–Trinajstić information content (AvgIpc) is 2.47. The van der Waals surface area contributed by atoms with E-state index in [9.17, 15) is 8.78 Å². The highest BCUT2D eigenvalue weighted by molar-refractivity contribution is 6.58. The van der Waals surface area contributed by atoms with E-state index in [1.54, 1.807) is 6.07 Å². The molecule has 0 atom stereocenters. The van der Waals surface area contributed by atoms with Crippen LogP contribution in [0.3, 0.4) is 0 Å². The van der Waals surface area contributed by atoms with Gasteiger partial charge in [0.25, 0.3) is 0 Å². The van der Waals surface area contributed by atoms with Crippen molar-refractivity contribution in [3.63, 3.8) is 0 Å². The van der Waals surface area contributed by atoms with Crippen molar-refractivity contribution in [2.24, 2.45) is 11.8 Å². The summed E-state index contributed by atoms with van der Waals surface area (Å²) in [5.74, 6) is 0.206. The minimum atomic E-state index is -0.740. The highest BCUT2D eigenvalue weighted by Crippen LogP contribution is 2.31. The van der Waals surface area contributed by atoms with Crippen molar-refractivity contribution >= 4 is 8.80 Å². The molecule has 0 bridgehead atoms. The van der Waals surface area contributed by atoms with E-state index in [1.807, 2.05) is 0 Å². The van der Waals surface area contributed by atoms with Crippen LogP contribution in [-0.2, 0) is 6.42 Å². The molecule has 118 valence electrons. The van der Waals surface area contributed by atoms with E-state index in [2.05, 4.69) is 13.8 Å². The van der Waals surface area contributed by atoms with E-state index >= 15 is 0 Å². The van der Waals surface area contributed by atoms with E-state index in [1.165, 1.54) is 49.5 Å². The molecule has 1 aliphatic rings. The number of aryl methyl sites for hydroxylation is 1. The van der Waals surface area contributed by atoms with Crippen LogP contribution in [0, 0.1) is 23.5 Å². The Hall–Kier alpha value is -0.703. The van der Waals surface area contributed by atoms with E-state index in [-0.39, 0.29) is 0 Å². The summed E-state index contributed by atoms with van der Waals surface area (Å²) in [7, 11) is -0.444. The second-order valence-corrected chi connectivity index (χ2v) is 10.6. The van der Waals surface area contributed by atoms with Crippen molar-refractivity contribution in [1.82, 2.24) is 0 Å². The van der Waals surface area contributed by atoms with Crippen LogP contribution in [0.25, 0.3) is 0 Å². The fraction of sp³-hybridized carbons (Fsp3) is 0.667. The lowest BCUT2D eigenvalue weighted by Crippen LogP contribution is -2.22. The summed E-state index contributed by atoms with van der Waals surface area (Å²) in [5, 5.41) is 0. The summed E-state index contributed by atoms with van der Waals surface area (Å²) in [6.45, 7) is 4.64. The van der Waals surface area contributed by atoms with E-state index in [4.69, 9.17) is 0 Å². The molecule has 1 aliphatic heterocycles. The lowest BCUT2D eigenvalue weighted by atomic mass is 9.94. The second-order valence-electron chi connectivity index (χ2n) is 7.15. The number of halogens is 2. The van der Waals surface area contributed by atoms with E-state index in [0.29, 0.717) is 0 Å². The van der Waals surface area contributed by atoms with Crippen LogP contribution in [0.15, 0.2) is 18.2 Å². The maximum absolute atomic E-state index is 13.2. The van der Waals surface area contributed by atoms with Crippen LogP contribution in [0.5, 0.6) is 0 Å². The molecule has 0 amide bonds. The summed E-state index contributed by atoms with van der Waals surface area (Å²) in [6.07, 6.45) is 6.18. The minimum Gasteiger partial charge on any atom is -0.204 e. The highest BCUT2D eigenvalue weighted by Gasteiger charge is 2.22. The Morgan fingerprint density at radius 2 is 1.86 bits per heavy atom. The Morgan fingerprint density at radius 1 is 1.14 bits per heavy atom. The number of hydrogen-bond acceptors (Lipinski definition) is 0. The summed E-state index contributed by atoms with van der Waals surface area (Å²) >= 11 is 0. The molecule has 1 saturated heterocycles. The van der Waals surface area contributed by atoms with Gasteiger partial charge < -0.3 is 0 Å². The van der Waals surface area contributed by atoms with Crippen LogP contribution in [0.2, 0.25) is 18.1 Å². The van der Waals surface area contributed by atoms with Gasteiger partial charge in [-0.3, -0.25) is 0 Å². The summed E-state index contributed by atoms with van der Waals surface area (Å²) in [4.78, 5) is 0.